The topological polar surface area (TPSA) is 147 Å². The van der Waals surface area contributed by atoms with Crippen LogP contribution < -0.4 is 37.9 Å². The number of ether oxygens (including phenoxy) is 9. The lowest BCUT2D eigenvalue weighted by Gasteiger charge is -2.27. The lowest BCUT2D eigenvalue weighted by molar-refractivity contribution is -0.141. The number of unbranched alkanes of at least 4 members (excludes halogenated alkanes) is 10. The van der Waals surface area contributed by atoms with Gasteiger partial charge in [0.2, 0.25) is 5.88 Å². The lowest BCUT2D eigenvalue weighted by Crippen LogP contribution is -2.27. The number of rotatable bonds is 35. The molecule has 0 bridgehead atoms. The second-order valence-electron chi connectivity index (χ2n) is 22.1. The van der Waals surface area contributed by atoms with Crippen LogP contribution >= 0.6 is 0 Å². The van der Waals surface area contributed by atoms with Crippen LogP contribution in [0.5, 0.6) is 51.9 Å². The number of allylic oxidation sites excluding steroid dienone is 1. The Bertz CT molecular complexity index is 2960. The summed E-state index contributed by atoms with van der Waals surface area (Å²) in [6.45, 7) is 12.9. The van der Waals surface area contributed by atoms with E-state index in [-0.39, 0.29) is 29.7 Å². The fourth-order valence-electron chi connectivity index (χ4n) is 10.7. The molecular formula is C70H85NO12. The molecule has 83 heavy (non-hydrogen) atoms. The molecule has 0 aliphatic heterocycles. The highest BCUT2D eigenvalue weighted by molar-refractivity contribution is 6.08. The van der Waals surface area contributed by atoms with Crippen molar-refractivity contribution in [2.24, 2.45) is 23.7 Å². The van der Waals surface area contributed by atoms with Crippen LogP contribution in [0, 0.1) is 23.7 Å². The molecule has 1 aromatic heterocycles. The molecule has 13 nitrogen and oxygen atoms in total. The Kier molecular flexibility index (Phi) is 24.9. The number of pyridine rings is 1. The van der Waals surface area contributed by atoms with Gasteiger partial charge in [0.05, 0.1) is 57.0 Å². The summed E-state index contributed by atoms with van der Waals surface area (Å²) in [5, 5.41) is 2.35. The zero-order chi connectivity index (χ0) is 57.9. The summed E-state index contributed by atoms with van der Waals surface area (Å²) >= 11 is 0. The van der Waals surface area contributed by atoms with Gasteiger partial charge in [0.15, 0.2) is 0 Å². The summed E-state index contributed by atoms with van der Waals surface area (Å²) < 4.78 is 54.0. The van der Waals surface area contributed by atoms with E-state index < -0.39 is 0 Å². The zero-order valence-electron chi connectivity index (χ0n) is 48.7. The van der Waals surface area contributed by atoms with Crippen LogP contribution in [0.4, 0.5) is 0 Å². The number of esters is 3. The number of benzene rings is 5. The molecule has 8 rings (SSSR count). The van der Waals surface area contributed by atoms with Gasteiger partial charge in [0.1, 0.15) is 46.0 Å². The molecule has 2 fully saturated rings. The third-order valence-electron chi connectivity index (χ3n) is 15.7. The Morgan fingerprint density at radius 2 is 0.880 bits per heavy atom. The third-order valence-corrected chi connectivity index (χ3v) is 15.7. The number of hydrogen-bond donors (Lipinski definition) is 0. The first-order chi connectivity index (χ1) is 40.7. The molecule has 0 saturated heterocycles. The molecule has 0 amide bonds. The quantitative estimate of drug-likeness (QED) is 0.00929. The molecule has 2 aliphatic rings. The summed E-state index contributed by atoms with van der Waals surface area (Å²) in [5.74, 6) is 5.06. The first-order valence-corrected chi connectivity index (χ1v) is 30.6. The predicted octanol–water partition coefficient (Wildman–Crippen LogP) is 16.9. The minimum atomic E-state index is -0.383. The standard InChI is InChI=1S/C70H85NO12/c1-4-7-9-11-12-16-44-76-55-27-31-58(32-28-55)79-49-51-19-23-53(24-20-51)69(73)82-61-39-41-63-64-42-40-62(48-66(64)71-68(65(63)47-61)81-60-37-35-57(36-38-60)75-43-15-10-8-5-2)83-70(74)54-25-21-52(22-26-54)50-80-59-33-29-56(30-34-59)77-45-17-13-14-18-46-78-67(72)6-3/h4,6,27-42,47-48,51-54H,1,3,5,7-26,43-46,49-50H2,2H3. The van der Waals surface area contributed by atoms with Crippen molar-refractivity contribution < 1.29 is 57.0 Å². The minimum Gasteiger partial charge on any atom is -0.494 e. The molecule has 0 atom stereocenters. The molecular weight excluding hydrogens is 1050 g/mol. The van der Waals surface area contributed by atoms with Gasteiger partial charge in [0, 0.05) is 22.9 Å². The Morgan fingerprint density at radius 1 is 0.458 bits per heavy atom. The van der Waals surface area contributed by atoms with Crippen molar-refractivity contribution in [3.8, 4) is 51.9 Å². The zero-order valence-corrected chi connectivity index (χ0v) is 48.7. The fourth-order valence-corrected chi connectivity index (χ4v) is 10.7. The smallest absolute Gasteiger partial charge is 0.330 e. The van der Waals surface area contributed by atoms with Crippen molar-refractivity contribution in [2.45, 2.75) is 142 Å². The number of fused-ring (bicyclic) bond motifs is 3. The van der Waals surface area contributed by atoms with Gasteiger partial charge in [-0.1, -0.05) is 51.7 Å². The van der Waals surface area contributed by atoms with E-state index in [1.807, 2.05) is 109 Å². The van der Waals surface area contributed by atoms with Gasteiger partial charge in [-0.05, 0) is 223 Å². The molecule has 0 unspecified atom stereocenters. The van der Waals surface area contributed by atoms with Crippen molar-refractivity contribution >= 4 is 39.6 Å². The fraction of sp³-hybridized carbons (Fsp3) is 0.457. The number of aromatic nitrogens is 1. The van der Waals surface area contributed by atoms with E-state index in [4.69, 9.17) is 47.6 Å². The monoisotopic (exact) mass is 1130 g/mol. The Morgan fingerprint density at radius 3 is 1.36 bits per heavy atom. The van der Waals surface area contributed by atoms with Crippen molar-refractivity contribution in [3.63, 3.8) is 0 Å². The lowest BCUT2D eigenvalue weighted by atomic mass is 9.82. The van der Waals surface area contributed by atoms with Gasteiger partial charge in [-0.3, -0.25) is 9.59 Å². The first-order valence-electron chi connectivity index (χ1n) is 30.6. The van der Waals surface area contributed by atoms with Crippen molar-refractivity contribution in [2.75, 3.05) is 39.6 Å². The van der Waals surface area contributed by atoms with Crippen LogP contribution in [0.2, 0.25) is 0 Å². The normalized spacial score (nSPS) is 16.8. The highest BCUT2D eigenvalue weighted by Gasteiger charge is 2.30. The van der Waals surface area contributed by atoms with Gasteiger partial charge in [0.25, 0.3) is 0 Å². The van der Waals surface area contributed by atoms with Crippen molar-refractivity contribution in [3.05, 3.63) is 135 Å². The summed E-state index contributed by atoms with van der Waals surface area (Å²) in [6, 6.07) is 34.2. The molecule has 6 aromatic rings. The summed E-state index contributed by atoms with van der Waals surface area (Å²) in [6.07, 6.45) is 23.3. The maximum atomic E-state index is 13.8. The van der Waals surface area contributed by atoms with Gasteiger partial charge in [-0.15, -0.1) is 6.58 Å². The molecule has 0 radical (unpaired) electrons. The molecule has 1 heterocycles. The highest BCUT2D eigenvalue weighted by Crippen LogP contribution is 2.39. The van der Waals surface area contributed by atoms with Gasteiger partial charge in [-0.2, -0.15) is 0 Å². The van der Waals surface area contributed by atoms with Crippen LogP contribution in [0.15, 0.2) is 135 Å². The Labute approximate surface area is 491 Å². The molecule has 2 aliphatic carbocycles. The van der Waals surface area contributed by atoms with E-state index >= 15 is 0 Å². The van der Waals surface area contributed by atoms with E-state index in [0.717, 1.165) is 136 Å². The number of carbonyl (C=O) groups is 3. The highest BCUT2D eigenvalue weighted by atomic mass is 16.5. The molecule has 5 aromatic carbocycles. The SMILES string of the molecule is C=CCCCCCCOc1ccc(OCC2CCC(C(=O)Oc3ccc4c(c3)c(Oc3ccc(OCCCCCC)cc3)nc3cc(OC(=O)C5CCC(COc6ccc(OCCCCCCOC(=O)C=C)cc6)CC5)ccc34)CC2)cc1. The van der Waals surface area contributed by atoms with Gasteiger partial charge >= 0.3 is 17.9 Å². The summed E-state index contributed by atoms with van der Waals surface area (Å²) in [7, 11) is 0. The van der Waals surface area contributed by atoms with E-state index in [0.29, 0.717) is 98.4 Å². The second-order valence-corrected chi connectivity index (χ2v) is 22.1. The van der Waals surface area contributed by atoms with E-state index in [9.17, 15) is 14.4 Å². The van der Waals surface area contributed by atoms with Crippen LogP contribution in [0.1, 0.15) is 142 Å². The Hall–Kier alpha value is -7.54. The Balaban J connectivity index is 0.828. The van der Waals surface area contributed by atoms with Gasteiger partial charge < -0.3 is 42.6 Å². The maximum Gasteiger partial charge on any atom is 0.330 e. The van der Waals surface area contributed by atoms with Crippen LogP contribution in [-0.2, 0) is 19.1 Å². The molecule has 442 valence electrons. The second kappa shape index (κ2) is 33.5. The van der Waals surface area contributed by atoms with Gasteiger partial charge in [-0.25, -0.2) is 9.78 Å². The predicted molar refractivity (Wildman–Crippen MR) is 325 cm³/mol. The first kappa shape index (κ1) is 61.5. The molecule has 2 saturated carbocycles. The number of nitrogens with zero attached hydrogens (tertiary/aromatic N) is 1. The minimum absolute atomic E-state index is 0.220. The summed E-state index contributed by atoms with van der Waals surface area (Å²) in [4.78, 5) is 43.6. The number of hydrogen-bond acceptors (Lipinski definition) is 13. The van der Waals surface area contributed by atoms with E-state index in [1.54, 1.807) is 6.07 Å². The summed E-state index contributed by atoms with van der Waals surface area (Å²) in [5.41, 5.74) is 0.593. The molecule has 13 heteroatoms. The van der Waals surface area contributed by atoms with Crippen LogP contribution in [0.25, 0.3) is 21.7 Å². The van der Waals surface area contributed by atoms with Crippen molar-refractivity contribution in [1.82, 2.24) is 4.98 Å². The van der Waals surface area contributed by atoms with E-state index in [1.165, 1.54) is 31.8 Å². The third kappa shape index (κ3) is 20.1. The largest absolute Gasteiger partial charge is 0.494 e. The average Bonchev–Trinajstić information content (AvgIpc) is 3.68. The molecule has 0 N–H and O–H groups in total. The number of carbonyl (C=O) groups excluding carboxylic acids is 3. The van der Waals surface area contributed by atoms with Crippen molar-refractivity contribution in [1.29, 1.82) is 0 Å². The maximum absolute atomic E-state index is 13.8. The van der Waals surface area contributed by atoms with Crippen LogP contribution in [-0.4, -0.2) is 62.5 Å². The van der Waals surface area contributed by atoms with E-state index in [2.05, 4.69) is 20.1 Å². The van der Waals surface area contributed by atoms with Crippen LogP contribution in [0.3, 0.4) is 0 Å². The molecule has 0 spiro atoms. The average molecular weight is 1130 g/mol.